The number of aromatic nitrogens is 4. The summed E-state index contributed by atoms with van der Waals surface area (Å²) in [6.45, 7) is 4.16. The number of anilines is 1. The smallest absolute Gasteiger partial charge is 0.0851 e. The van der Waals surface area contributed by atoms with E-state index in [0.717, 1.165) is 5.56 Å². The van der Waals surface area contributed by atoms with Gasteiger partial charge in [0, 0.05) is 25.0 Å². The van der Waals surface area contributed by atoms with Crippen molar-refractivity contribution in [1.82, 2.24) is 19.6 Å². The van der Waals surface area contributed by atoms with E-state index in [4.69, 9.17) is 5.73 Å². The second kappa shape index (κ2) is 3.12. The summed E-state index contributed by atoms with van der Waals surface area (Å²) in [7, 11) is 1.90. The van der Waals surface area contributed by atoms with Gasteiger partial charge in [0.25, 0.3) is 0 Å². The van der Waals surface area contributed by atoms with Crippen LogP contribution in [-0.4, -0.2) is 19.6 Å². The maximum absolute atomic E-state index is 5.65. The van der Waals surface area contributed by atoms with Crippen LogP contribution >= 0.6 is 0 Å². The SMILES string of the molecule is Cn1cc(C(C)(C)n2cc(N)cn2)cn1. The first-order valence-corrected chi connectivity index (χ1v) is 4.80. The van der Waals surface area contributed by atoms with Crippen molar-refractivity contribution >= 4 is 5.69 Å². The van der Waals surface area contributed by atoms with Gasteiger partial charge in [-0.2, -0.15) is 10.2 Å². The fourth-order valence-electron chi connectivity index (χ4n) is 1.51. The molecule has 0 aliphatic heterocycles. The predicted molar refractivity (Wildman–Crippen MR) is 58.3 cm³/mol. The Balaban J connectivity index is 2.42. The summed E-state index contributed by atoms with van der Waals surface area (Å²) < 4.78 is 3.63. The lowest BCUT2D eigenvalue weighted by molar-refractivity contribution is 0.390. The topological polar surface area (TPSA) is 61.7 Å². The van der Waals surface area contributed by atoms with E-state index < -0.39 is 0 Å². The molecule has 5 nitrogen and oxygen atoms in total. The van der Waals surface area contributed by atoms with Gasteiger partial charge in [-0.3, -0.25) is 9.36 Å². The van der Waals surface area contributed by atoms with Gasteiger partial charge in [0.2, 0.25) is 0 Å². The zero-order valence-electron chi connectivity index (χ0n) is 9.18. The summed E-state index contributed by atoms with van der Waals surface area (Å²) in [5.41, 5.74) is 7.20. The molecule has 2 heterocycles. The number of nitrogens with two attached hydrogens (primary N) is 1. The van der Waals surface area contributed by atoms with E-state index in [9.17, 15) is 0 Å². The number of hydrogen-bond donors (Lipinski definition) is 1. The largest absolute Gasteiger partial charge is 0.396 e. The van der Waals surface area contributed by atoms with Gasteiger partial charge in [-0.15, -0.1) is 0 Å². The molecule has 2 rings (SSSR count). The van der Waals surface area contributed by atoms with Crippen LogP contribution < -0.4 is 5.73 Å². The van der Waals surface area contributed by atoms with Crippen molar-refractivity contribution in [2.75, 3.05) is 5.73 Å². The third kappa shape index (κ3) is 1.60. The second-order valence-electron chi connectivity index (χ2n) is 4.18. The van der Waals surface area contributed by atoms with E-state index in [-0.39, 0.29) is 5.54 Å². The Morgan fingerprint density at radius 2 is 1.93 bits per heavy atom. The zero-order chi connectivity index (χ0) is 11.1. The molecular formula is C10H15N5. The molecule has 2 aromatic rings. The first kappa shape index (κ1) is 9.76. The average molecular weight is 205 g/mol. The molecule has 0 unspecified atom stereocenters. The van der Waals surface area contributed by atoms with Crippen molar-refractivity contribution in [3.05, 3.63) is 30.4 Å². The van der Waals surface area contributed by atoms with Gasteiger partial charge < -0.3 is 5.73 Å². The minimum absolute atomic E-state index is 0.230. The third-order valence-electron chi connectivity index (χ3n) is 2.59. The number of nitrogens with zero attached hydrogens (tertiary/aromatic N) is 4. The van der Waals surface area contributed by atoms with Crippen LogP contribution in [0.3, 0.4) is 0 Å². The van der Waals surface area contributed by atoms with E-state index in [1.54, 1.807) is 10.9 Å². The molecule has 2 aromatic heterocycles. The molecule has 5 heteroatoms. The summed E-state index contributed by atoms with van der Waals surface area (Å²) in [5, 5.41) is 8.39. The van der Waals surface area contributed by atoms with Crippen LogP contribution in [0.15, 0.2) is 24.8 Å². The van der Waals surface area contributed by atoms with Gasteiger partial charge in [0.1, 0.15) is 0 Å². The maximum Gasteiger partial charge on any atom is 0.0851 e. The van der Waals surface area contributed by atoms with Gasteiger partial charge in [0.15, 0.2) is 0 Å². The van der Waals surface area contributed by atoms with Crippen LogP contribution in [0.1, 0.15) is 19.4 Å². The summed E-state index contributed by atoms with van der Waals surface area (Å²) in [4.78, 5) is 0. The van der Waals surface area contributed by atoms with Gasteiger partial charge in [0.05, 0.1) is 23.6 Å². The van der Waals surface area contributed by atoms with Crippen LogP contribution in [0.25, 0.3) is 0 Å². The van der Waals surface area contributed by atoms with Crippen molar-refractivity contribution in [3.63, 3.8) is 0 Å². The average Bonchev–Trinajstić information content (AvgIpc) is 2.74. The lowest BCUT2D eigenvalue weighted by Gasteiger charge is -2.23. The quantitative estimate of drug-likeness (QED) is 0.795. The number of hydrogen-bond acceptors (Lipinski definition) is 3. The van der Waals surface area contributed by atoms with Crippen LogP contribution in [0.5, 0.6) is 0 Å². The first-order chi connectivity index (χ1) is 7.00. The van der Waals surface area contributed by atoms with E-state index in [1.807, 2.05) is 30.3 Å². The lowest BCUT2D eigenvalue weighted by atomic mass is 9.98. The van der Waals surface area contributed by atoms with Crippen molar-refractivity contribution < 1.29 is 0 Å². The molecule has 0 saturated heterocycles. The monoisotopic (exact) mass is 205 g/mol. The molecule has 0 fully saturated rings. The molecule has 15 heavy (non-hydrogen) atoms. The number of rotatable bonds is 2. The van der Waals surface area contributed by atoms with E-state index in [0.29, 0.717) is 5.69 Å². The minimum Gasteiger partial charge on any atom is -0.396 e. The highest BCUT2D eigenvalue weighted by molar-refractivity contribution is 5.32. The summed E-state index contributed by atoms with van der Waals surface area (Å²) in [5.74, 6) is 0. The predicted octanol–water partition coefficient (Wildman–Crippen LogP) is 0.982. The molecule has 0 saturated carbocycles. The summed E-state index contributed by atoms with van der Waals surface area (Å²) in [6.07, 6.45) is 7.31. The Morgan fingerprint density at radius 3 is 2.40 bits per heavy atom. The fourth-order valence-corrected chi connectivity index (χ4v) is 1.51. The molecular weight excluding hydrogens is 190 g/mol. The van der Waals surface area contributed by atoms with Crippen LogP contribution in [0.4, 0.5) is 5.69 Å². The highest BCUT2D eigenvalue weighted by Gasteiger charge is 2.24. The molecule has 2 N–H and O–H groups in total. The van der Waals surface area contributed by atoms with Gasteiger partial charge >= 0.3 is 0 Å². The van der Waals surface area contributed by atoms with Gasteiger partial charge in [-0.25, -0.2) is 0 Å². The Labute approximate surface area is 88.5 Å². The molecule has 0 atom stereocenters. The lowest BCUT2D eigenvalue weighted by Crippen LogP contribution is -2.27. The highest BCUT2D eigenvalue weighted by Crippen LogP contribution is 2.24. The van der Waals surface area contributed by atoms with Crippen molar-refractivity contribution in [3.8, 4) is 0 Å². The number of nitrogen functional groups attached to an aromatic ring is 1. The van der Waals surface area contributed by atoms with Crippen LogP contribution in [-0.2, 0) is 12.6 Å². The zero-order valence-corrected chi connectivity index (χ0v) is 9.18. The van der Waals surface area contributed by atoms with Crippen molar-refractivity contribution in [2.45, 2.75) is 19.4 Å². The maximum atomic E-state index is 5.65. The normalized spacial score (nSPS) is 11.9. The molecule has 0 spiro atoms. The van der Waals surface area contributed by atoms with E-state index >= 15 is 0 Å². The Morgan fingerprint density at radius 1 is 1.20 bits per heavy atom. The summed E-state index contributed by atoms with van der Waals surface area (Å²) in [6, 6.07) is 0. The molecule has 0 amide bonds. The highest BCUT2D eigenvalue weighted by atomic mass is 15.3. The minimum atomic E-state index is -0.230. The second-order valence-corrected chi connectivity index (χ2v) is 4.18. The molecule has 0 bridgehead atoms. The molecule has 80 valence electrons. The number of aryl methyl sites for hydroxylation is 1. The standard InChI is InChI=1S/C10H15N5/c1-10(2,8-4-12-14(3)6-8)15-7-9(11)5-13-15/h4-7H,11H2,1-3H3. The van der Waals surface area contributed by atoms with Crippen molar-refractivity contribution in [2.24, 2.45) is 7.05 Å². The molecule has 0 aliphatic rings. The Hall–Kier alpha value is -1.78. The van der Waals surface area contributed by atoms with Crippen LogP contribution in [0, 0.1) is 0 Å². The third-order valence-corrected chi connectivity index (χ3v) is 2.59. The first-order valence-electron chi connectivity index (χ1n) is 4.80. The van der Waals surface area contributed by atoms with Gasteiger partial charge in [-0.05, 0) is 13.8 Å². The molecule has 0 aromatic carbocycles. The van der Waals surface area contributed by atoms with E-state index in [1.165, 1.54) is 0 Å². The van der Waals surface area contributed by atoms with Crippen LogP contribution in [0.2, 0.25) is 0 Å². The van der Waals surface area contributed by atoms with E-state index in [2.05, 4.69) is 24.0 Å². The Kier molecular flexibility index (Phi) is 2.03. The fraction of sp³-hybridized carbons (Fsp3) is 0.400. The molecule has 0 aliphatic carbocycles. The van der Waals surface area contributed by atoms with Gasteiger partial charge in [-0.1, -0.05) is 0 Å². The Bertz CT molecular complexity index is 423. The summed E-state index contributed by atoms with van der Waals surface area (Å²) >= 11 is 0. The molecule has 0 radical (unpaired) electrons. The van der Waals surface area contributed by atoms with Crippen molar-refractivity contribution in [1.29, 1.82) is 0 Å².